The second-order valence-electron chi connectivity index (χ2n) is 4.85. The number of benzene rings is 1. The lowest BCUT2D eigenvalue weighted by molar-refractivity contribution is -0.137. The number of carbonyl (C=O) groups excluding carboxylic acids is 1. The number of rotatable bonds is 5. The standard InChI is InChI=1S/C15H17N3O3/c1-10(6-7-14(19)20)17-15(21)18-12-8-11-4-2-3-5-13(11)16-9-12/h2-5,8-10H,6-7H2,1H3,(H,19,20)(H2,17,18,21). The molecule has 2 rings (SSSR count). The second-order valence-corrected chi connectivity index (χ2v) is 4.85. The van der Waals surface area contributed by atoms with Crippen LogP contribution in [-0.4, -0.2) is 28.1 Å². The topological polar surface area (TPSA) is 91.3 Å². The fourth-order valence-corrected chi connectivity index (χ4v) is 1.94. The lowest BCUT2D eigenvalue weighted by atomic mass is 10.2. The maximum Gasteiger partial charge on any atom is 0.319 e. The predicted molar refractivity (Wildman–Crippen MR) is 80.2 cm³/mol. The van der Waals surface area contributed by atoms with E-state index in [4.69, 9.17) is 5.11 Å². The molecule has 110 valence electrons. The van der Waals surface area contributed by atoms with Crippen molar-refractivity contribution in [2.24, 2.45) is 0 Å². The van der Waals surface area contributed by atoms with Crippen LogP contribution in [0, 0.1) is 0 Å². The van der Waals surface area contributed by atoms with E-state index in [0.29, 0.717) is 12.1 Å². The van der Waals surface area contributed by atoms with Gasteiger partial charge in [-0.2, -0.15) is 0 Å². The number of carboxylic acids is 1. The Morgan fingerprint density at radius 3 is 2.86 bits per heavy atom. The summed E-state index contributed by atoms with van der Waals surface area (Å²) < 4.78 is 0. The number of hydrogen-bond acceptors (Lipinski definition) is 3. The summed E-state index contributed by atoms with van der Waals surface area (Å²) in [6.07, 6.45) is 2.00. The predicted octanol–water partition coefficient (Wildman–Crippen LogP) is 2.61. The van der Waals surface area contributed by atoms with E-state index in [1.165, 1.54) is 0 Å². The van der Waals surface area contributed by atoms with Gasteiger partial charge in [0.1, 0.15) is 0 Å². The van der Waals surface area contributed by atoms with E-state index < -0.39 is 5.97 Å². The van der Waals surface area contributed by atoms with Gasteiger partial charge in [-0.25, -0.2) is 4.79 Å². The first-order valence-corrected chi connectivity index (χ1v) is 6.68. The molecule has 1 atom stereocenters. The summed E-state index contributed by atoms with van der Waals surface area (Å²) in [5, 5.41) is 14.9. The molecule has 1 heterocycles. The van der Waals surface area contributed by atoms with Gasteiger partial charge in [0.2, 0.25) is 0 Å². The summed E-state index contributed by atoms with van der Waals surface area (Å²) in [5.74, 6) is -0.872. The summed E-state index contributed by atoms with van der Waals surface area (Å²) in [6, 6.07) is 8.87. The van der Waals surface area contributed by atoms with Gasteiger partial charge in [0.15, 0.2) is 0 Å². The molecule has 2 amide bonds. The molecule has 1 aromatic carbocycles. The Labute approximate surface area is 122 Å². The molecule has 2 aromatic rings. The molecule has 3 N–H and O–H groups in total. The minimum atomic E-state index is -0.872. The molecule has 0 saturated heterocycles. The SMILES string of the molecule is CC(CCC(=O)O)NC(=O)Nc1cnc2ccccc2c1. The van der Waals surface area contributed by atoms with Crippen molar-refractivity contribution < 1.29 is 14.7 Å². The zero-order chi connectivity index (χ0) is 15.2. The van der Waals surface area contributed by atoms with Crippen LogP contribution in [0.25, 0.3) is 10.9 Å². The van der Waals surface area contributed by atoms with E-state index >= 15 is 0 Å². The number of nitrogens with zero attached hydrogens (tertiary/aromatic N) is 1. The molecule has 0 bridgehead atoms. The van der Waals surface area contributed by atoms with Crippen molar-refractivity contribution in [2.75, 3.05) is 5.32 Å². The first kappa shape index (κ1) is 14.8. The quantitative estimate of drug-likeness (QED) is 0.788. The van der Waals surface area contributed by atoms with E-state index in [1.807, 2.05) is 30.3 Å². The van der Waals surface area contributed by atoms with Gasteiger partial charge in [-0.1, -0.05) is 18.2 Å². The highest BCUT2D eigenvalue weighted by atomic mass is 16.4. The molecule has 0 spiro atoms. The van der Waals surface area contributed by atoms with E-state index in [9.17, 15) is 9.59 Å². The van der Waals surface area contributed by atoms with E-state index in [2.05, 4.69) is 15.6 Å². The van der Waals surface area contributed by atoms with Crippen LogP contribution in [0.2, 0.25) is 0 Å². The number of urea groups is 1. The van der Waals surface area contributed by atoms with Crippen LogP contribution in [0.3, 0.4) is 0 Å². The number of aliphatic carboxylic acids is 1. The summed E-state index contributed by atoms with van der Waals surface area (Å²) >= 11 is 0. The van der Waals surface area contributed by atoms with Gasteiger partial charge in [0, 0.05) is 17.8 Å². The number of amides is 2. The molecule has 6 heteroatoms. The van der Waals surface area contributed by atoms with Gasteiger partial charge >= 0.3 is 12.0 Å². The molecule has 1 aromatic heterocycles. The highest BCUT2D eigenvalue weighted by molar-refractivity contribution is 5.92. The molecule has 6 nitrogen and oxygen atoms in total. The van der Waals surface area contributed by atoms with Crippen LogP contribution in [0.1, 0.15) is 19.8 Å². The number of hydrogen-bond donors (Lipinski definition) is 3. The average Bonchev–Trinajstić information content (AvgIpc) is 2.45. The first-order chi connectivity index (χ1) is 10.0. The van der Waals surface area contributed by atoms with Gasteiger partial charge in [0.25, 0.3) is 0 Å². The molecule has 0 aliphatic heterocycles. The smallest absolute Gasteiger partial charge is 0.319 e. The first-order valence-electron chi connectivity index (χ1n) is 6.68. The maximum atomic E-state index is 11.8. The molecule has 0 aliphatic carbocycles. The van der Waals surface area contributed by atoms with Crippen molar-refractivity contribution >= 4 is 28.6 Å². The molecular formula is C15H17N3O3. The Morgan fingerprint density at radius 1 is 1.33 bits per heavy atom. The van der Waals surface area contributed by atoms with Gasteiger partial charge in [-0.15, -0.1) is 0 Å². The Balaban J connectivity index is 1.93. The highest BCUT2D eigenvalue weighted by Crippen LogP contribution is 2.15. The van der Waals surface area contributed by atoms with Crippen LogP contribution in [-0.2, 0) is 4.79 Å². The van der Waals surface area contributed by atoms with E-state index in [-0.39, 0.29) is 18.5 Å². The number of fused-ring (bicyclic) bond motifs is 1. The van der Waals surface area contributed by atoms with Crippen molar-refractivity contribution in [3.05, 3.63) is 36.5 Å². The lowest BCUT2D eigenvalue weighted by Gasteiger charge is -2.13. The minimum Gasteiger partial charge on any atom is -0.481 e. The maximum absolute atomic E-state index is 11.8. The van der Waals surface area contributed by atoms with E-state index in [1.54, 1.807) is 13.1 Å². The molecule has 1 unspecified atom stereocenters. The Hall–Kier alpha value is -2.63. The minimum absolute atomic E-state index is 0.0268. The summed E-state index contributed by atoms with van der Waals surface area (Å²) in [4.78, 5) is 26.5. The molecule has 0 fully saturated rings. The fraction of sp³-hybridized carbons (Fsp3) is 0.267. The van der Waals surface area contributed by atoms with Crippen molar-refractivity contribution in [3.8, 4) is 0 Å². The van der Waals surface area contributed by atoms with Crippen LogP contribution < -0.4 is 10.6 Å². The monoisotopic (exact) mass is 287 g/mol. The van der Waals surface area contributed by atoms with Gasteiger partial charge in [0.05, 0.1) is 17.4 Å². The van der Waals surface area contributed by atoms with Crippen molar-refractivity contribution in [2.45, 2.75) is 25.8 Å². The van der Waals surface area contributed by atoms with Crippen LogP contribution in [0.5, 0.6) is 0 Å². The molecule has 0 aliphatic rings. The number of carboxylic acid groups (broad SMARTS) is 1. The number of nitrogens with one attached hydrogen (secondary N) is 2. The van der Waals surface area contributed by atoms with E-state index in [0.717, 1.165) is 10.9 Å². The third kappa shape index (κ3) is 4.45. The van der Waals surface area contributed by atoms with Crippen LogP contribution in [0.4, 0.5) is 10.5 Å². The van der Waals surface area contributed by atoms with Crippen molar-refractivity contribution in [1.29, 1.82) is 0 Å². The lowest BCUT2D eigenvalue weighted by Crippen LogP contribution is -2.36. The van der Waals surface area contributed by atoms with Crippen LogP contribution in [0.15, 0.2) is 36.5 Å². The highest BCUT2D eigenvalue weighted by Gasteiger charge is 2.09. The second kappa shape index (κ2) is 6.69. The molecule has 0 saturated carbocycles. The Morgan fingerprint density at radius 2 is 2.10 bits per heavy atom. The van der Waals surface area contributed by atoms with Crippen LogP contribution >= 0.6 is 0 Å². The number of para-hydroxylation sites is 1. The number of carbonyl (C=O) groups is 2. The normalized spacial score (nSPS) is 11.9. The summed E-state index contributed by atoms with van der Waals surface area (Å²) in [7, 11) is 0. The third-order valence-electron chi connectivity index (χ3n) is 3.02. The molecule has 21 heavy (non-hydrogen) atoms. The van der Waals surface area contributed by atoms with Gasteiger partial charge in [-0.05, 0) is 25.5 Å². The Bertz CT molecular complexity index is 657. The third-order valence-corrected chi connectivity index (χ3v) is 3.02. The Kier molecular flexibility index (Phi) is 4.71. The zero-order valence-corrected chi connectivity index (χ0v) is 11.7. The number of aromatic nitrogens is 1. The molecular weight excluding hydrogens is 270 g/mol. The number of anilines is 1. The number of pyridine rings is 1. The van der Waals surface area contributed by atoms with Gasteiger partial charge in [-0.3, -0.25) is 9.78 Å². The van der Waals surface area contributed by atoms with Gasteiger partial charge < -0.3 is 15.7 Å². The summed E-state index contributed by atoms with van der Waals surface area (Å²) in [5.41, 5.74) is 1.45. The molecule has 0 radical (unpaired) electrons. The van der Waals surface area contributed by atoms with Crippen molar-refractivity contribution in [1.82, 2.24) is 10.3 Å². The summed E-state index contributed by atoms with van der Waals surface area (Å²) in [6.45, 7) is 1.77. The average molecular weight is 287 g/mol. The van der Waals surface area contributed by atoms with Crippen molar-refractivity contribution in [3.63, 3.8) is 0 Å². The fourth-order valence-electron chi connectivity index (χ4n) is 1.94. The largest absolute Gasteiger partial charge is 0.481 e. The zero-order valence-electron chi connectivity index (χ0n) is 11.7.